The lowest BCUT2D eigenvalue weighted by atomic mass is 9.76. The molecule has 0 bridgehead atoms. The molecule has 1 aromatic rings. The highest BCUT2D eigenvalue weighted by atomic mass is 16.6. The molecule has 0 radical (unpaired) electrons. The third kappa shape index (κ3) is 4.97. The van der Waals surface area contributed by atoms with Crippen LogP contribution < -0.4 is 10.6 Å². The number of carbonyl (C=O) groups is 1. The van der Waals surface area contributed by atoms with Crippen LogP contribution in [0.3, 0.4) is 0 Å². The van der Waals surface area contributed by atoms with Crippen LogP contribution in [0.15, 0.2) is 18.6 Å². The molecule has 1 fully saturated rings. The molecule has 1 amide bonds. The first-order valence-electron chi connectivity index (χ1n) is 7.35. The highest BCUT2D eigenvalue weighted by Crippen LogP contribution is 2.31. The topological polar surface area (TPSA) is 76.1 Å². The molecule has 1 aromatic heterocycles. The predicted molar refractivity (Wildman–Crippen MR) is 79.7 cm³/mol. The van der Waals surface area contributed by atoms with E-state index in [2.05, 4.69) is 20.6 Å². The Morgan fingerprint density at radius 3 is 2.71 bits per heavy atom. The van der Waals surface area contributed by atoms with Crippen molar-refractivity contribution in [1.82, 2.24) is 20.6 Å². The normalized spacial score (nSPS) is 16.9. The quantitative estimate of drug-likeness (QED) is 0.868. The molecule has 2 N–H and O–H groups in total. The minimum absolute atomic E-state index is 0.185. The molecule has 6 nitrogen and oxygen atoms in total. The molecule has 1 saturated carbocycles. The fourth-order valence-electron chi connectivity index (χ4n) is 2.32. The van der Waals surface area contributed by atoms with Crippen molar-refractivity contribution in [3.63, 3.8) is 0 Å². The van der Waals surface area contributed by atoms with Gasteiger partial charge in [-0.1, -0.05) is 0 Å². The van der Waals surface area contributed by atoms with E-state index in [1.807, 2.05) is 26.8 Å². The van der Waals surface area contributed by atoms with Gasteiger partial charge in [0.2, 0.25) is 0 Å². The monoisotopic (exact) mass is 292 g/mol. The van der Waals surface area contributed by atoms with Gasteiger partial charge in [0.25, 0.3) is 0 Å². The SMILES string of the molecule is CC(C)(C)OC(=O)NC1(CNCc2ccncn2)CCC1. The first-order valence-corrected chi connectivity index (χ1v) is 7.35. The molecule has 0 unspecified atom stereocenters. The summed E-state index contributed by atoms with van der Waals surface area (Å²) in [6, 6.07) is 1.88. The van der Waals surface area contributed by atoms with Crippen molar-refractivity contribution < 1.29 is 9.53 Å². The Labute approximate surface area is 125 Å². The zero-order chi connectivity index (χ0) is 15.3. The summed E-state index contributed by atoms with van der Waals surface area (Å²) < 4.78 is 5.34. The van der Waals surface area contributed by atoms with Gasteiger partial charge in [0.15, 0.2) is 0 Å². The molecule has 1 heterocycles. The van der Waals surface area contributed by atoms with Gasteiger partial charge in [-0.05, 0) is 46.1 Å². The Morgan fingerprint density at radius 2 is 2.19 bits per heavy atom. The van der Waals surface area contributed by atoms with Crippen LogP contribution in [0, 0.1) is 0 Å². The molecule has 6 heteroatoms. The van der Waals surface area contributed by atoms with Crippen molar-refractivity contribution in [2.45, 2.75) is 57.7 Å². The zero-order valence-electron chi connectivity index (χ0n) is 13.0. The number of carbonyl (C=O) groups excluding carboxylic acids is 1. The highest BCUT2D eigenvalue weighted by molar-refractivity contribution is 5.69. The summed E-state index contributed by atoms with van der Waals surface area (Å²) in [5.41, 5.74) is 0.287. The minimum Gasteiger partial charge on any atom is -0.444 e. The van der Waals surface area contributed by atoms with Crippen molar-refractivity contribution in [2.75, 3.05) is 6.54 Å². The molecule has 0 aromatic carbocycles. The predicted octanol–water partition coefficient (Wildman–Crippen LogP) is 2.01. The third-order valence-electron chi connectivity index (χ3n) is 3.49. The Bertz CT molecular complexity index is 466. The molecule has 1 aliphatic rings. The first kappa shape index (κ1) is 15.7. The lowest BCUT2D eigenvalue weighted by molar-refractivity contribution is 0.0382. The van der Waals surface area contributed by atoms with Crippen LogP contribution in [0.5, 0.6) is 0 Å². The summed E-state index contributed by atoms with van der Waals surface area (Å²) in [5, 5.41) is 6.37. The van der Waals surface area contributed by atoms with E-state index in [-0.39, 0.29) is 11.6 Å². The standard InChI is InChI=1S/C15H24N4O2/c1-14(2,3)21-13(20)19-15(6-4-7-15)10-17-9-12-5-8-16-11-18-12/h5,8,11,17H,4,6-7,9-10H2,1-3H3,(H,19,20). The van der Waals surface area contributed by atoms with Gasteiger partial charge in [-0.2, -0.15) is 0 Å². The van der Waals surface area contributed by atoms with Crippen LogP contribution >= 0.6 is 0 Å². The summed E-state index contributed by atoms with van der Waals surface area (Å²) in [7, 11) is 0. The average molecular weight is 292 g/mol. The van der Waals surface area contributed by atoms with Gasteiger partial charge >= 0.3 is 6.09 Å². The van der Waals surface area contributed by atoms with Crippen LogP contribution in [-0.4, -0.2) is 33.7 Å². The van der Waals surface area contributed by atoms with Gasteiger partial charge in [0.1, 0.15) is 11.9 Å². The maximum atomic E-state index is 11.9. The molecule has 0 aliphatic heterocycles. The van der Waals surface area contributed by atoms with Gasteiger partial charge in [-0.25, -0.2) is 14.8 Å². The van der Waals surface area contributed by atoms with E-state index < -0.39 is 5.60 Å². The lowest BCUT2D eigenvalue weighted by Crippen LogP contribution is -2.59. The van der Waals surface area contributed by atoms with Crippen molar-refractivity contribution in [2.24, 2.45) is 0 Å². The second-order valence-corrected chi connectivity index (χ2v) is 6.57. The van der Waals surface area contributed by atoms with Gasteiger partial charge in [0.05, 0.1) is 11.2 Å². The van der Waals surface area contributed by atoms with Gasteiger partial charge in [-0.15, -0.1) is 0 Å². The summed E-state index contributed by atoms with van der Waals surface area (Å²) in [6.07, 6.45) is 6.00. The molecule has 2 rings (SSSR count). The van der Waals surface area contributed by atoms with E-state index in [1.165, 1.54) is 6.33 Å². The maximum absolute atomic E-state index is 11.9. The second kappa shape index (κ2) is 6.39. The molecule has 1 aliphatic carbocycles. The number of hydrogen-bond donors (Lipinski definition) is 2. The fraction of sp³-hybridized carbons (Fsp3) is 0.667. The largest absolute Gasteiger partial charge is 0.444 e. The van der Waals surface area contributed by atoms with Crippen LogP contribution in [0.1, 0.15) is 45.7 Å². The fourth-order valence-corrected chi connectivity index (χ4v) is 2.32. The molecular weight excluding hydrogens is 268 g/mol. The van der Waals surface area contributed by atoms with Gasteiger partial charge < -0.3 is 15.4 Å². The number of alkyl carbamates (subject to hydrolysis) is 1. The number of rotatable bonds is 5. The lowest BCUT2D eigenvalue weighted by Gasteiger charge is -2.42. The number of ether oxygens (including phenoxy) is 1. The Kier molecular flexibility index (Phi) is 4.77. The summed E-state index contributed by atoms with van der Waals surface area (Å²) in [5.74, 6) is 0. The second-order valence-electron chi connectivity index (χ2n) is 6.57. The van der Waals surface area contributed by atoms with Crippen molar-refractivity contribution in [1.29, 1.82) is 0 Å². The molecule has 21 heavy (non-hydrogen) atoms. The molecule has 116 valence electrons. The number of nitrogens with zero attached hydrogens (tertiary/aromatic N) is 2. The number of amides is 1. The highest BCUT2D eigenvalue weighted by Gasteiger charge is 2.39. The van der Waals surface area contributed by atoms with E-state index in [1.54, 1.807) is 6.20 Å². The summed E-state index contributed by atoms with van der Waals surface area (Å²) in [6.45, 7) is 6.99. The Hall–Kier alpha value is -1.69. The smallest absolute Gasteiger partial charge is 0.408 e. The van der Waals surface area contributed by atoms with E-state index in [0.717, 1.165) is 31.5 Å². The van der Waals surface area contributed by atoms with Crippen LogP contribution in [0.25, 0.3) is 0 Å². The van der Waals surface area contributed by atoms with Crippen LogP contribution in [0.2, 0.25) is 0 Å². The van der Waals surface area contributed by atoms with E-state index in [0.29, 0.717) is 6.54 Å². The van der Waals surface area contributed by atoms with E-state index in [9.17, 15) is 4.79 Å². The van der Waals surface area contributed by atoms with Crippen molar-refractivity contribution in [3.05, 3.63) is 24.3 Å². The first-order chi connectivity index (χ1) is 9.89. The zero-order valence-corrected chi connectivity index (χ0v) is 13.0. The number of hydrogen-bond acceptors (Lipinski definition) is 5. The van der Waals surface area contributed by atoms with E-state index >= 15 is 0 Å². The molecule has 0 saturated heterocycles. The number of nitrogens with one attached hydrogen (secondary N) is 2. The van der Waals surface area contributed by atoms with Crippen LogP contribution in [-0.2, 0) is 11.3 Å². The maximum Gasteiger partial charge on any atom is 0.408 e. The molecular formula is C15H24N4O2. The summed E-state index contributed by atoms with van der Waals surface area (Å²) in [4.78, 5) is 20.0. The van der Waals surface area contributed by atoms with Gasteiger partial charge in [0, 0.05) is 19.3 Å². The molecule has 0 atom stereocenters. The Balaban J connectivity index is 1.80. The minimum atomic E-state index is -0.469. The third-order valence-corrected chi connectivity index (χ3v) is 3.49. The van der Waals surface area contributed by atoms with Crippen molar-refractivity contribution >= 4 is 6.09 Å². The Morgan fingerprint density at radius 1 is 1.43 bits per heavy atom. The van der Waals surface area contributed by atoms with E-state index in [4.69, 9.17) is 4.74 Å². The number of aromatic nitrogens is 2. The van der Waals surface area contributed by atoms with Crippen molar-refractivity contribution in [3.8, 4) is 0 Å². The van der Waals surface area contributed by atoms with Crippen LogP contribution in [0.4, 0.5) is 4.79 Å². The van der Waals surface area contributed by atoms with Gasteiger partial charge in [-0.3, -0.25) is 0 Å². The average Bonchev–Trinajstić information content (AvgIpc) is 2.34. The summed E-state index contributed by atoms with van der Waals surface area (Å²) >= 11 is 0. The molecule has 0 spiro atoms.